The second-order valence-electron chi connectivity index (χ2n) is 13.1. The second-order valence-corrected chi connectivity index (χ2v) is 18.3. The normalized spacial score (nSPS) is 14.4. The molecule has 1 aromatic carbocycles. The van der Waals surface area contributed by atoms with Crippen LogP contribution in [0.3, 0.4) is 0 Å². The number of amides is 1. The van der Waals surface area contributed by atoms with Crippen LogP contribution in [-0.2, 0) is 28.8 Å². The molecule has 0 saturated heterocycles. The Hall–Kier alpha value is -3.34. The maximum Gasteiger partial charge on any atom is 0.244 e. The number of hydrogen-bond acceptors (Lipinski definition) is 6. The summed E-state index contributed by atoms with van der Waals surface area (Å²) in [7, 11) is -1.98. The number of rotatable bonds is 7. The molecule has 1 N–H and O–H groups in total. The van der Waals surface area contributed by atoms with Crippen molar-refractivity contribution < 1.29 is 13.6 Å². The molecular weight excluding hydrogens is 583 g/mol. The zero-order valence-electron chi connectivity index (χ0n) is 26.2. The molecule has 8 nitrogen and oxygen atoms in total. The number of benzene rings is 1. The highest BCUT2D eigenvalue weighted by atomic mass is 35.5. The molecule has 1 aliphatic heterocycles. The lowest BCUT2D eigenvalue weighted by Crippen LogP contribution is -2.40. The van der Waals surface area contributed by atoms with Crippen LogP contribution in [0.2, 0.25) is 23.2 Å². The lowest BCUT2D eigenvalue weighted by molar-refractivity contribution is -0.133. The standard InChI is InChI=1S/C32H40ClFN6O2Si/c1-19(2)39-10-9-23-13-28(38-40(23)17-29(39)41)37-27-12-21-11-24(31(34)30(33)26(21)16-36-27)25-15-35-14-22(20(25)3)18-42-43(7,8)32(4,5)6/h11-16,19H,9-10,17-18H2,1-8H3,(H,36,37,38). The van der Waals surface area contributed by atoms with Gasteiger partial charge in [0, 0.05) is 65.9 Å². The number of carbonyl (C=O) groups excluding carboxylic acids is 1. The van der Waals surface area contributed by atoms with E-state index in [1.54, 1.807) is 29.3 Å². The highest BCUT2D eigenvalue weighted by Crippen LogP contribution is 2.39. The molecular formula is C32H40ClFN6O2Si. The Kier molecular flexibility index (Phi) is 8.41. The van der Waals surface area contributed by atoms with Crippen LogP contribution in [0.4, 0.5) is 16.0 Å². The van der Waals surface area contributed by atoms with Crippen molar-refractivity contribution in [3.63, 3.8) is 0 Å². The largest absolute Gasteiger partial charge is 0.412 e. The summed E-state index contributed by atoms with van der Waals surface area (Å²) in [5.41, 5.74) is 3.84. The van der Waals surface area contributed by atoms with Gasteiger partial charge in [-0.05, 0) is 67.5 Å². The predicted octanol–water partition coefficient (Wildman–Crippen LogP) is 7.65. The topological polar surface area (TPSA) is 85.2 Å². The van der Waals surface area contributed by atoms with E-state index in [4.69, 9.17) is 16.0 Å². The summed E-state index contributed by atoms with van der Waals surface area (Å²) in [5.74, 6) is 0.672. The average Bonchev–Trinajstić information content (AvgIpc) is 3.22. The molecule has 0 aliphatic carbocycles. The van der Waals surface area contributed by atoms with Crippen LogP contribution in [-0.4, -0.2) is 51.5 Å². The van der Waals surface area contributed by atoms with Gasteiger partial charge in [-0.3, -0.25) is 14.5 Å². The van der Waals surface area contributed by atoms with Gasteiger partial charge in [0.1, 0.15) is 18.2 Å². The maximum atomic E-state index is 15.7. The summed E-state index contributed by atoms with van der Waals surface area (Å²) in [5, 5.41) is 9.18. The van der Waals surface area contributed by atoms with Crippen molar-refractivity contribution in [2.45, 2.75) is 85.3 Å². The molecule has 4 heterocycles. The molecule has 0 spiro atoms. The molecule has 0 atom stereocenters. The van der Waals surface area contributed by atoms with Gasteiger partial charge in [0.2, 0.25) is 5.91 Å². The van der Waals surface area contributed by atoms with Crippen LogP contribution in [0.15, 0.2) is 36.8 Å². The van der Waals surface area contributed by atoms with Gasteiger partial charge in [-0.25, -0.2) is 9.37 Å². The summed E-state index contributed by atoms with van der Waals surface area (Å²) in [6.45, 7) is 18.3. The molecule has 0 radical (unpaired) electrons. The molecule has 1 amide bonds. The number of fused-ring (bicyclic) bond motifs is 2. The van der Waals surface area contributed by atoms with Crippen molar-refractivity contribution in [2.75, 3.05) is 11.9 Å². The summed E-state index contributed by atoms with van der Waals surface area (Å²) in [4.78, 5) is 23.5. The second kappa shape index (κ2) is 11.6. The lowest BCUT2D eigenvalue weighted by atomic mass is 9.97. The molecule has 5 rings (SSSR count). The van der Waals surface area contributed by atoms with Crippen molar-refractivity contribution in [1.29, 1.82) is 0 Å². The molecule has 1 aliphatic rings. The zero-order chi connectivity index (χ0) is 31.3. The summed E-state index contributed by atoms with van der Waals surface area (Å²) >= 11 is 6.56. The highest BCUT2D eigenvalue weighted by Gasteiger charge is 2.37. The highest BCUT2D eigenvalue weighted by molar-refractivity contribution is 6.74. The Bertz CT molecular complexity index is 1700. The number of aromatic nitrogens is 4. The number of carbonyl (C=O) groups is 1. The van der Waals surface area contributed by atoms with Crippen LogP contribution in [0, 0.1) is 12.7 Å². The molecule has 11 heteroatoms. The Morgan fingerprint density at radius 1 is 1.12 bits per heavy atom. The zero-order valence-corrected chi connectivity index (χ0v) is 27.9. The van der Waals surface area contributed by atoms with Gasteiger partial charge >= 0.3 is 0 Å². The van der Waals surface area contributed by atoms with E-state index >= 15 is 4.39 Å². The van der Waals surface area contributed by atoms with Gasteiger partial charge in [0.25, 0.3) is 0 Å². The van der Waals surface area contributed by atoms with Gasteiger partial charge in [0.05, 0.1) is 11.6 Å². The molecule has 43 heavy (non-hydrogen) atoms. The molecule has 228 valence electrons. The number of halogens is 2. The number of pyridine rings is 2. The van der Waals surface area contributed by atoms with E-state index in [0.29, 0.717) is 41.3 Å². The number of hydrogen-bond donors (Lipinski definition) is 1. The van der Waals surface area contributed by atoms with E-state index in [1.165, 1.54) is 0 Å². The molecule has 0 fully saturated rings. The van der Waals surface area contributed by atoms with E-state index < -0.39 is 14.1 Å². The van der Waals surface area contributed by atoms with Gasteiger partial charge in [0.15, 0.2) is 14.1 Å². The van der Waals surface area contributed by atoms with Crippen LogP contribution in [0.1, 0.15) is 51.4 Å². The summed E-state index contributed by atoms with van der Waals surface area (Å²) in [6.07, 6.45) is 5.74. The maximum absolute atomic E-state index is 15.7. The third-order valence-corrected chi connectivity index (χ3v) is 13.7. The van der Waals surface area contributed by atoms with Crippen LogP contribution >= 0.6 is 11.6 Å². The quantitative estimate of drug-likeness (QED) is 0.213. The minimum absolute atomic E-state index is 0.0100. The van der Waals surface area contributed by atoms with E-state index in [1.807, 2.05) is 37.8 Å². The molecule has 0 bridgehead atoms. The fourth-order valence-corrected chi connectivity index (χ4v) is 6.27. The van der Waals surface area contributed by atoms with Crippen molar-refractivity contribution in [3.8, 4) is 11.1 Å². The average molecular weight is 623 g/mol. The van der Waals surface area contributed by atoms with Crippen LogP contribution < -0.4 is 5.32 Å². The Morgan fingerprint density at radius 2 is 1.86 bits per heavy atom. The number of nitrogens with one attached hydrogen (secondary N) is 1. The predicted molar refractivity (Wildman–Crippen MR) is 173 cm³/mol. The van der Waals surface area contributed by atoms with E-state index in [2.05, 4.69) is 54.2 Å². The van der Waals surface area contributed by atoms with Crippen molar-refractivity contribution >= 4 is 48.2 Å². The third kappa shape index (κ3) is 6.18. The first-order valence-electron chi connectivity index (χ1n) is 14.6. The molecule has 3 aromatic heterocycles. The Balaban J connectivity index is 1.43. The molecule has 0 unspecified atom stereocenters. The van der Waals surface area contributed by atoms with Gasteiger partial charge < -0.3 is 14.6 Å². The number of nitrogens with zero attached hydrogens (tertiary/aromatic N) is 5. The number of anilines is 2. The SMILES string of the molecule is Cc1c(CO[Si](C)(C)C(C)(C)C)cncc1-c1cc2cc(Nc3cc4n(n3)CC(=O)N(C(C)C)CC4)ncc2c(Cl)c1F. The first-order chi connectivity index (χ1) is 20.2. The minimum Gasteiger partial charge on any atom is -0.412 e. The Labute approximate surface area is 258 Å². The summed E-state index contributed by atoms with van der Waals surface area (Å²) < 4.78 is 23.9. The lowest BCUT2D eigenvalue weighted by Gasteiger charge is -2.36. The van der Waals surface area contributed by atoms with Crippen molar-refractivity contribution in [1.82, 2.24) is 24.6 Å². The van der Waals surface area contributed by atoms with E-state index in [-0.39, 0.29) is 28.6 Å². The van der Waals surface area contributed by atoms with Gasteiger partial charge in [-0.1, -0.05) is 32.4 Å². The third-order valence-electron chi connectivity index (χ3n) is 8.86. The minimum atomic E-state index is -1.98. The van der Waals surface area contributed by atoms with Crippen molar-refractivity contribution in [2.24, 2.45) is 0 Å². The van der Waals surface area contributed by atoms with Gasteiger partial charge in [-0.15, -0.1) is 0 Å². The smallest absolute Gasteiger partial charge is 0.244 e. The molecule has 4 aromatic rings. The van der Waals surface area contributed by atoms with E-state index in [9.17, 15) is 4.79 Å². The first-order valence-corrected chi connectivity index (χ1v) is 17.9. The Morgan fingerprint density at radius 3 is 2.56 bits per heavy atom. The van der Waals surface area contributed by atoms with Crippen LogP contribution in [0.25, 0.3) is 21.9 Å². The van der Waals surface area contributed by atoms with E-state index in [0.717, 1.165) is 28.6 Å². The fourth-order valence-electron chi connectivity index (χ4n) is 5.06. The first kappa shape index (κ1) is 31.1. The molecule has 0 saturated carbocycles. The van der Waals surface area contributed by atoms with Gasteiger partial charge in [-0.2, -0.15) is 5.10 Å². The van der Waals surface area contributed by atoms with Crippen LogP contribution in [0.5, 0.6) is 0 Å². The monoisotopic (exact) mass is 622 g/mol. The fraction of sp³-hybridized carbons (Fsp3) is 0.438. The van der Waals surface area contributed by atoms with Crippen molar-refractivity contribution in [3.05, 3.63) is 64.5 Å². The summed E-state index contributed by atoms with van der Waals surface area (Å²) in [6, 6.07) is 5.70.